The van der Waals surface area contributed by atoms with Gasteiger partial charge in [-0.05, 0) is 26.7 Å². The Bertz CT molecular complexity index is 676. The molecule has 128 valence electrons. The van der Waals surface area contributed by atoms with E-state index >= 15 is 0 Å². The third kappa shape index (κ3) is 3.79. The minimum Gasteiger partial charge on any atom is -0.337 e. The second kappa shape index (κ2) is 7.53. The van der Waals surface area contributed by atoms with Crippen LogP contribution in [-0.4, -0.2) is 56.0 Å². The van der Waals surface area contributed by atoms with Crippen molar-refractivity contribution in [2.24, 2.45) is 0 Å². The molecule has 2 aromatic rings. The first-order valence-electron chi connectivity index (χ1n) is 8.42. The highest BCUT2D eigenvalue weighted by Crippen LogP contribution is 2.13. The molecular formula is C17H24N6O. The van der Waals surface area contributed by atoms with Crippen molar-refractivity contribution >= 4 is 5.91 Å². The van der Waals surface area contributed by atoms with Crippen molar-refractivity contribution in [3.05, 3.63) is 42.0 Å². The van der Waals surface area contributed by atoms with Gasteiger partial charge in [-0.15, -0.1) is 0 Å². The topological polar surface area (TPSA) is 75.9 Å². The Morgan fingerprint density at radius 2 is 2.04 bits per heavy atom. The van der Waals surface area contributed by atoms with Gasteiger partial charge in [-0.25, -0.2) is 9.97 Å². The van der Waals surface area contributed by atoms with E-state index in [4.69, 9.17) is 0 Å². The highest BCUT2D eigenvalue weighted by Gasteiger charge is 2.24. The van der Waals surface area contributed by atoms with Gasteiger partial charge in [0.15, 0.2) is 0 Å². The van der Waals surface area contributed by atoms with E-state index in [9.17, 15) is 4.79 Å². The lowest BCUT2D eigenvalue weighted by atomic mass is 10.0. The van der Waals surface area contributed by atoms with Gasteiger partial charge in [0.05, 0.1) is 18.2 Å². The van der Waals surface area contributed by atoms with Gasteiger partial charge in [0.1, 0.15) is 5.69 Å². The maximum Gasteiger partial charge on any atom is 0.274 e. The molecule has 7 heteroatoms. The molecule has 1 aliphatic rings. The number of hydrogen-bond donors (Lipinski definition) is 1. The Morgan fingerprint density at radius 1 is 1.25 bits per heavy atom. The van der Waals surface area contributed by atoms with Crippen LogP contribution in [0.3, 0.4) is 0 Å². The average molecular weight is 328 g/mol. The van der Waals surface area contributed by atoms with Gasteiger partial charge in [-0.3, -0.25) is 9.78 Å². The number of aromatic nitrogens is 4. The zero-order chi connectivity index (χ0) is 16.9. The van der Waals surface area contributed by atoms with E-state index < -0.39 is 0 Å². The summed E-state index contributed by atoms with van der Waals surface area (Å²) in [6.45, 7) is 7.49. The molecule has 7 nitrogen and oxygen atoms in total. The molecule has 0 saturated carbocycles. The van der Waals surface area contributed by atoms with Crippen molar-refractivity contribution in [3.63, 3.8) is 0 Å². The van der Waals surface area contributed by atoms with Gasteiger partial charge in [0, 0.05) is 50.3 Å². The van der Waals surface area contributed by atoms with Crippen LogP contribution >= 0.6 is 0 Å². The molecule has 1 aliphatic heterocycles. The standard InChI is InChI=1S/C17H24N6O/c1-13-14(2)23(12-21-13)10-7-19-15-3-8-22(9-4-15)17(24)16-11-18-5-6-20-16/h5-6,11-12,15,19H,3-4,7-10H2,1-2H3. The van der Waals surface area contributed by atoms with Crippen LogP contribution < -0.4 is 5.32 Å². The van der Waals surface area contributed by atoms with E-state index in [0.29, 0.717) is 11.7 Å². The molecular weight excluding hydrogens is 304 g/mol. The number of carbonyl (C=O) groups is 1. The van der Waals surface area contributed by atoms with Gasteiger partial charge in [0.25, 0.3) is 5.91 Å². The maximum atomic E-state index is 12.3. The first-order valence-corrected chi connectivity index (χ1v) is 8.42. The molecule has 1 N–H and O–H groups in total. The van der Waals surface area contributed by atoms with Crippen LogP contribution in [0, 0.1) is 13.8 Å². The first-order chi connectivity index (χ1) is 11.6. The Hall–Kier alpha value is -2.28. The number of piperidine rings is 1. The minimum absolute atomic E-state index is 0.0222. The van der Waals surface area contributed by atoms with Gasteiger partial charge < -0.3 is 14.8 Å². The molecule has 0 aliphatic carbocycles. The molecule has 1 saturated heterocycles. The number of nitrogens with one attached hydrogen (secondary N) is 1. The number of rotatable bonds is 5. The summed E-state index contributed by atoms with van der Waals surface area (Å²) in [6, 6.07) is 0.459. The minimum atomic E-state index is -0.0222. The first kappa shape index (κ1) is 16.6. The SMILES string of the molecule is Cc1ncn(CCNC2CCN(C(=O)c3cnccn3)CC2)c1C. The number of amides is 1. The zero-order valence-corrected chi connectivity index (χ0v) is 14.3. The fraction of sp³-hybridized carbons (Fsp3) is 0.529. The van der Waals surface area contributed by atoms with Crippen LogP contribution in [0.15, 0.2) is 24.9 Å². The largest absolute Gasteiger partial charge is 0.337 e. The smallest absolute Gasteiger partial charge is 0.274 e. The lowest BCUT2D eigenvalue weighted by Crippen LogP contribution is -2.45. The molecule has 0 atom stereocenters. The van der Waals surface area contributed by atoms with Crippen LogP contribution in [0.4, 0.5) is 0 Å². The van der Waals surface area contributed by atoms with Gasteiger partial charge in [-0.1, -0.05) is 0 Å². The summed E-state index contributed by atoms with van der Waals surface area (Å²) >= 11 is 0. The van der Waals surface area contributed by atoms with Crippen LogP contribution in [0.2, 0.25) is 0 Å². The molecule has 0 aromatic carbocycles. The third-order valence-electron chi connectivity index (χ3n) is 4.70. The fourth-order valence-corrected chi connectivity index (χ4v) is 3.02. The summed E-state index contributed by atoms with van der Waals surface area (Å²) in [6.07, 6.45) is 8.50. The van der Waals surface area contributed by atoms with Crippen LogP contribution in [0.5, 0.6) is 0 Å². The molecule has 0 bridgehead atoms. The summed E-state index contributed by atoms with van der Waals surface area (Å²) in [4.78, 5) is 26.6. The molecule has 0 spiro atoms. The number of imidazole rings is 1. The zero-order valence-electron chi connectivity index (χ0n) is 14.3. The fourth-order valence-electron chi connectivity index (χ4n) is 3.02. The molecule has 24 heavy (non-hydrogen) atoms. The molecule has 0 unspecified atom stereocenters. The van der Waals surface area contributed by atoms with E-state index in [1.807, 2.05) is 18.2 Å². The van der Waals surface area contributed by atoms with Crippen molar-refractivity contribution in [3.8, 4) is 0 Å². The molecule has 1 fully saturated rings. The quantitative estimate of drug-likeness (QED) is 0.892. The second-order valence-corrected chi connectivity index (χ2v) is 6.22. The molecule has 1 amide bonds. The van der Waals surface area contributed by atoms with Crippen molar-refractivity contribution in [1.29, 1.82) is 0 Å². The summed E-state index contributed by atoms with van der Waals surface area (Å²) in [7, 11) is 0. The monoisotopic (exact) mass is 328 g/mol. The maximum absolute atomic E-state index is 12.3. The number of aryl methyl sites for hydroxylation is 1. The Labute approximate surface area is 142 Å². The normalized spacial score (nSPS) is 15.7. The van der Waals surface area contributed by atoms with E-state index in [1.54, 1.807) is 12.4 Å². The van der Waals surface area contributed by atoms with Gasteiger partial charge in [-0.2, -0.15) is 0 Å². The van der Waals surface area contributed by atoms with Crippen molar-refractivity contribution in [1.82, 2.24) is 29.7 Å². The van der Waals surface area contributed by atoms with Crippen molar-refractivity contribution in [2.75, 3.05) is 19.6 Å². The lowest BCUT2D eigenvalue weighted by Gasteiger charge is -2.32. The predicted molar refractivity (Wildman–Crippen MR) is 90.7 cm³/mol. The summed E-state index contributed by atoms with van der Waals surface area (Å²) in [5, 5.41) is 3.59. The van der Waals surface area contributed by atoms with Crippen LogP contribution in [0.25, 0.3) is 0 Å². The molecule has 2 aromatic heterocycles. The van der Waals surface area contributed by atoms with Gasteiger partial charge >= 0.3 is 0 Å². The number of nitrogens with zero attached hydrogens (tertiary/aromatic N) is 5. The molecule has 0 radical (unpaired) electrons. The molecule has 3 rings (SSSR count). The van der Waals surface area contributed by atoms with Crippen molar-refractivity contribution < 1.29 is 4.79 Å². The second-order valence-electron chi connectivity index (χ2n) is 6.22. The number of likely N-dealkylation sites (tertiary alicyclic amines) is 1. The third-order valence-corrected chi connectivity index (χ3v) is 4.70. The highest BCUT2D eigenvalue weighted by molar-refractivity contribution is 5.92. The average Bonchev–Trinajstić information content (AvgIpc) is 2.95. The number of carbonyl (C=O) groups excluding carboxylic acids is 1. The summed E-state index contributed by atoms with van der Waals surface area (Å²) in [5.74, 6) is -0.0222. The number of hydrogen-bond acceptors (Lipinski definition) is 5. The molecule has 3 heterocycles. The van der Waals surface area contributed by atoms with E-state index in [0.717, 1.165) is 44.7 Å². The lowest BCUT2D eigenvalue weighted by molar-refractivity contribution is 0.0698. The van der Waals surface area contributed by atoms with E-state index in [1.165, 1.54) is 11.9 Å². The Kier molecular flexibility index (Phi) is 5.20. The van der Waals surface area contributed by atoms with E-state index in [-0.39, 0.29) is 5.91 Å². The Balaban J connectivity index is 1.42. The van der Waals surface area contributed by atoms with Crippen molar-refractivity contribution in [2.45, 2.75) is 39.3 Å². The Morgan fingerprint density at radius 3 is 2.67 bits per heavy atom. The highest BCUT2D eigenvalue weighted by atomic mass is 16.2. The van der Waals surface area contributed by atoms with Crippen LogP contribution in [-0.2, 0) is 6.54 Å². The summed E-state index contributed by atoms with van der Waals surface area (Å²) < 4.78 is 2.18. The van der Waals surface area contributed by atoms with E-state index in [2.05, 4.69) is 31.8 Å². The van der Waals surface area contributed by atoms with Crippen LogP contribution in [0.1, 0.15) is 34.7 Å². The van der Waals surface area contributed by atoms with Gasteiger partial charge in [0.2, 0.25) is 0 Å². The summed E-state index contributed by atoms with van der Waals surface area (Å²) in [5.41, 5.74) is 2.74. The predicted octanol–water partition coefficient (Wildman–Crippen LogP) is 1.18.